The molecule has 0 aromatic heterocycles. The van der Waals surface area contributed by atoms with Crippen molar-refractivity contribution in [1.29, 1.82) is 0 Å². The van der Waals surface area contributed by atoms with Gasteiger partial charge in [-0.05, 0) is 43.0 Å². The van der Waals surface area contributed by atoms with Crippen molar-refractivity contribution in [3.63, 3.8) is 0 Å². The molecule has 1 aromatic rings. The van der Waals surface area contributed by atoms with Crippen LogP contribution in [0.2, 0.25) is 0 Å². The quantitative estimate of drug-likeness (QED) is 0.844. The monoisotopic (exact) mass is 294 g/mol. The Morgan fingerprint density at radius 2 is 2.18 bits per heavy atom. The van der Waals surface area contributed by atoms with Crippen LogP contribution in [-0.4, -0.2) is 30.0 Å². The Kier molecular flexibility index (Phi) is 3.45. The fraction of sp³-hybridized carbons (Fsp3) is 0.474. The molecule has 3 nitrogen and oxygen atoms in total. The molecule has 0 saturated heterocycles. The average molecular weight is 294 g/mol. The van der Waals surface area contributed by atoms with Crippen molar-refractivity contribution in [2.75, 3.05) is 6.54 Å². The van der Waals surface area contributed by atoms with Crippen LogP contribution in [0.4, 0.5) is 0 Å². The SMILES string of the molecule is C=C[C@H]1[C@@H]2CC=N[C@H]1[C@H]([C@H](O)C1=c3ccccc3=NCC1)C2. The maximum absolute atomic E-state index is 11.1. The number of para-hydroxylation sites is 1. The zero-order valence-corrected chi connectivity index (χ0v) is 12.7. The summed E-state index contributed by atoms with van der Waals surface area (Å²) in [6.07, 6.45) is 6.62. The van der Waals surface area contributed by atoms with Crippen molar-refractivity contribution in [1.82, 2.24) is 0 Å². The minimum atomic E-state index is -0.413. The number of hydrogen-bond donors (Lipinski definition) is 1. The van der Waals surface area contributed by atoms with Crippen molar-refractivity contribution < 1.29 is 5.11 Å². The summed E-state index contributed by atoms with van der Waals surface area (Å²) in [6.45, 7) is 4.77. The van der Waals surface area contributed by atoms with Gasteiger partial charge >= 0.3 is 0 Å². The molecular weight excluding hydrogens is 272 g/mol. The molecule has 1 N–H and O–H groups in total. The van der Waals surface area contributed by atoms with E-state index in [2.05, 4.69) is 23.9 Å². The Balaban J connectivity index is 1.74. The van der Waals surface area contributed by atoms with Gasteiger partial charge < -0.3 is 5.11 Å². The van der Waals surface area contributed by atoms with Crippen LogP contribution in [0.25, 0.3) is 5.57 Å². The number of hydrogen-bond acceptors (Lipinski definition) is 3. The fourth-order valence-corrected chi connectivity index (χ4v) is 4.52. The molecule has 0 radical (unpaired) electrons. The first-order valence-corrected chi connectivity index (χ1v) is 8.24. The topological polar surface area (TPSA) is 45.0 Å². The predicted molar refractivity (Wildman–Crippen MR) is 88.3 cm³/mol. The van der Waals surface area contributed by atoms with E-state index in [4.69, 9.17) is 4.99 Å². The number of aliphatic imine (C=N–C) groups is 1. The van der Waals surface area contributed by atoms with Gasteiger partial charge in [0.1, 0.15) is 0 Å². The van der Waals surface area contributed by atoms with E-state index in [1.165, 1.54) is 0 Å². The maximum Gasteiger partial charge on any atom is 0.0809 e. The summed E-state index contributed by atoms with van der Waals surface area (Å²) in [6, 6.07) is 8.37. The Morgan fingerprint density at radius 1 is 1.32 bits per heavy atom. The van der Waals surface area contributed by atoms with Crippen LogP contribution in [0.15, 0.2) is 46.9 Å². The summed E-state index contributed by atoms with van der Waals surface area (Å²) in [7, 11) is 0. The van der Waals surface area contributed by atoms with E-state index in [0.29, 0.717) is 11.8 Å². The summed E-state index contributed by atoms with van der Waals surface area (Å²) in [5.41, 5.74) is 1.15. The van der Waals surface area contributed by atoms with Crippen LogP contribution in [0, 0.1) is 17.8 Å². The van der Waals surface area contributed by atoms with Crippen LogP contribution in [-0.2, 0) is 0 Å². The zero-order valence-electron chi connectivity index (χ0n) is 12.7. The number of nitrogens with zero attached hydrogens (tertiary/aromatic N) is 2. The molecule has 5 atom stereocenters. The first-order chi connectivity index (χ1) is 10.8. The second-order valence-corrected chi connectivity index (χ2v) is 6.65. The molecule has 1 aliphatic carbocycles. The van der Waals surface area contributed by atoms with E-state index in [1.807, 2.05) is 24.3 Å². The zero-order chi connectivity index (χ0) is 15.1. The average Bonchev–Trinajstić information content (AvgIpc) is 2.77. The summed E-state index contributed by atoms with van der Waals surface area (Å²) >= 11 is 0. The van der Waals surface area contributed by atoms with Crippen LogP contribution in [0.1, 0.15) is 19.3 Å². The number of fused-ring (bicyclic) bond motifs is 3. The highest BCUT2D eigenvalue weighted by molar-refractivity contribution is 5.61. The van der Waals surface area contributed by atoms with E-state index in [1.54, 1.807) is 0 Å². The number of aliphatic hydroxyl groups excluding tert-OH is 1. The van der Waals surface area contributed by atoms with Gasteiger partial charge in [-0.25, -0.2) is 0 Å². The van der Waals surface area contributed by atoms with Crippen LogP contribution >= 0.6 is 0 Å². The molecule has 3 aliphatic rings. The Bertz CT molecular complexity index is 736. The van der Waals surface area contributed by atoms with Gasteiger partial charge in [0.15, 0.2) is 0 Å². The van der Waals surface area contributed by atoms with Crippen molar-refractivity contribution in [2.24, 2.45) is 27.7 Å². The Labute approximate surface area is 130 Å². The lowest BCUT2D eigenvalue weighted by molar-refractivity contribution is 0.148. The van der Waals surface area contributed by atoms with Gasteiger partial charge in [-0.2, -0.15) is 0 Å². The van der Waals surface area contributed by atoms with Crippen LogP contribution in [0.5, 0.6) is 0 Å². The van der Waals surface area contributed by atoms with E-state index in [-0.39, 0.29) is 12.0 Å². The molecular formula is C19H22N2O. The molecule has 4 rings (SSSR count). The van der Waals surface area contributed by atoms with Crippen molar-refractivity contribution in [3.05, 3.63) is 47.5 Å². The second-order valence-electron chi connectivity index (χ2n) is 6.65. The van der Waals surface area contributed by atoms with Gasteiger partial charge in [-0.3, -0.25) is 9.98 Å². The summed E-state index contributed by atoms with van der Waals surface area (Å²) in [5.74, 6) is 1.24. The van der Waals surface area contributed by atoms with Gasteiger partial charge in [0.25, 0.3) is 0 Å². The lowest BCUT2D eigenvalue weighted by Gasteiger charge is -2.28. The van der Waals surface area contributed by atoms with Crippen molar-refractivity contribution >= 4 is 11.8 Å². The van der Waals surface area contributed by atoms with Crippen LogP contribution < -0.4 is 10.6 Å². The third kappa shape index (κ3) is 2.07. The second kappa shape index (κ2) is 5.47. The highest BCUT2D eigenvalue weighted by Gasteiger charge is 2.46. The van der Waals surface area contributed by atoms with Crippen molar-refractivity contribution in [2.45, 2.75) is 31.4 Å². The standard InChI is InChI=1S/C19H22N2O/c1-2-13-12-7-9-21-18(13)16(11-12)19(22)15-8-10-20-17-6-4-3-5-14(15)17/h2-6,9,12-13,16,18-19,22H,1,7-8,10-11H2/t12-,13+,16-,18-,19-/m1/s1. The highest BCUT2D eigenvalue weighted by atomic mass is 16.3. The normalized spacial score (nSPS) is 34.0. The molecule has 114 valence electrons. The molecule has 0 unspecified atom stereocenters. The lowest BCUT2D eigenvalue weighted by Crippen LogP contribution is -2.39. The van der Waals surface area contributed by atoms with E-state index < -0.39 is 6.10 Å². The molecule has 1 fully saturated rings. The number of benzene rings is 1. The predicted octanol–water partition coefficient (Wildman–Crippen LogP) is 1.50. The molecule has 2 aliphatic heterocycles. The number of aliphatic hydroxyl groups is 1. The van der Waals surface area contributed by atoms with E-state index in [0.717, 1.165) is 42.0 Å². The molecule has 2 bridgehead atoms. The molecule has 1 aromatic carbocycles. The Morgan fingerprint density at radius 3 is 3.00 bits per heavy atom. The molecule has 1 saturated carbocycles. The smallest absolute Gasteiger partial charge is 0.0809 e. The van der Waals surface area contributed by atoms with Gasteiger partial charge in [-0.1, -0.05) is 24.3 Å². The minimum Gasteiger partial charge on any atom is -0.388 e. The third-order valence-electron chi connectivity index (χ3n) is 5.59. The fourth-order valence-electron chi connectivity index (χ4n) is 4.52. The van der Waals surface area contributed by atoms with E-state index >= 15 is 0 Å². The molecule has 0 spiro atoms. The molecule has 0 amide bonds. The molecule has 2 heterocycles. The minimum absolute atomic E-state index is 0.199. The molecule has 22 heavy (non-hydrogen) atoms. The first kappa shape index (κ1) is 13.9. The summed E-state index contributed by atoms with van der Waals surface area (Å²) < 4.78 is 0. The van der Waals surface area contributed by atoms with Gasteiger partial charge in [0.05, 0.1) is 17.5 Å². The summed E-state index contributed by atoms with van der Waals surface area (Å²) in [5, 5.41) is 13.2. The van der Waals surface area contributed by atoms with Gasteiger partial charge in [0, 0.05) is 23.6 Å². The third-order valence-corrected chi connectivity index (χ3v) is 5.59. The van der Waals surface area contributed by atoms with Crippen molar-refractivity contribution in [3.8, 4) is 0 Å². The largest absolute Gasteiger partial charge is 0.388 e. The Hall–Kier alpha value is -1.74. The number of rotatable bonds is 3. The first-order valence-electron chi connectivity index (χ1n) is 8.24. The maximum atomic E-state index is 11.1. The van der Waals surface area contributed by atoms with E-state index in [9.17, 15) is 5.11 Å². The molecule has 3 heteroatoms. The van der Waals surface area contributed by atoms with Gasteiger partial charge in [-0.15, -0.1) is 6.58 Å². The summed E-state index contributed by atoms with van der Waals surface area (Å²) in [4.78, 5) is 9.27. The highest BCUT2D eigenvalue weighted by Crippen LogP contribution is 2.46. The van der Waals surface area contributed by atoms with Gasteiger partial charge in [0.2, 0.25) is 0 Å². The lowest BCUT2D eigenvalue weighted by atomic mass is 9.86. The van der Waals surface area contributed by atoms with Crippen LogP contribution in [0.3, 0.4) is 0 Å².